The molecule has 0 bridgehead atoms. The van der Waals surface area contributed by atoms with E-state index in [2.05, 4.69) is 4.72 Å². The summed E-state index contributed by atoms with van der Waals surface area (Å²) in [6, 6.07) is 3.32. The second kappa shape index (κ2) is 5.66. The number of sulfonamides is 1. The van der Waals surface area contributed by atoms with E-state index in [1.165, 1.54) is 11.3 Å². The van der Waals surface area contributed by atoms with Crippen LogP contribution < -0.4 is 10.5 Å². The second-order valence-electron chi connectivity index (χ2n) is 4.49. The molecule has 0 amide bonds. The van der Waals surface area contributed by atoms with Crippen LogP contribution in [0.5, 0.6) is 0 Å². The number of nitrogens with two attached hydrogens (primary N) is 1. The first-order chi connectivity index (χ1) is 8.53. The van der Waals surface area contributed by atoms with Crippen LogP contribution in [0.25, 0.3) is 0 Å². The molecule has 102 valence electrons. The molecule has 0 spiro atoms. The van der Waals surface area contributed by atoms with Gasteiger partial charge >= 0.3 is 0 Å². The summed E-state index contributed by atoms with van der Waals surface area (Å²) in [5.74, 6) is 0.197. The molecular formula is C11H18N2O3S2. The molecule has 7 heteroatoms. The Hall–Kier alpha value is -0.470. The van der Waals surface area contributed by atoms with Crippen molar-refractivity contribution in [3.05, 3.63) is 17.0 Å². The van der Waals surface area contributed by atoms with Crippen LogP contribution in [0.2, 0.25) is 0 Å². The molecule has 1 aromatic heterocycles. The molecule has 1 aliphatic rings. The Morgan fingerprint density at radius 2 is 2.33 bits per heavy atom. The van der Waals surface area contributed by atoms with Crippen LogP contribution in [-0.4, -0.2) is 27.7 Å². The van der Waals surface area contributed by atoms with E-state index in [0.29, 0.717) is 24.0 Å². The van der Waals surface area contributed by atoms with Crippen molar-refractivity contribution in [2.45, 2.75) is 30.1 Å². The first kappa shape index (κ1) is 14.0. The Kier molecular flexibility index (Phi) is 4.39. The lowest BCUT2D eigenvalue weighted by molar-refractivity contribution is 0.0450. The monoisotopic (exact) mass is 290 g/mol. The molecule has 0 radical (unpaired) electrons. The quantitative estimate of drug-likeness (QED) is 0.863. The van der Waals surface area contributed by atoms with Gasteiger partial charge in [-0.25, -0.2) is 13.1 Å². The summed E-state index contributed by atoms with van der Waals surface area (Å²) in [5.41, 5.74) is 5.49. The van der Waals surface area contributed by atoms with Crippen molar-refractivity contribution >= 4 is 21.4 Å². The maximum atomic E-state index is 12.2. The Balaban J connectivity index is 2.11. The van der Waals surface area contributed by atoms with E-state index in [0.717, 1.165) is 11.3 Å². The van der Waals surface area contributed by atoms with Gasteiger partial charge in [0.1, 0.15) is 4.21 Å². The summed E-state index contributed by atoms with van der Waals surface area (Å²) >= 11 is 1.22. The van der Waals surface area contributed by atoms with Gasteiger partial charge in [0.25, 0.3) is 0 Å². The summed E-state index contributed by atoms with van der Waals surface area (Å²) in [6.45, 7) is 3.57. The van der Waals surface area contributed by atoms with Crippen molar-refractivity contribution < 1.29 is 13.2 Å². The molecule has 2 rings (SSSR count). The molecule has 1 fully saturated rings. The van der Waals surface area contributed by atoms with Crippen LogP contribution in [0, 0.1) is 5.92 Å². The van der Waals surface area contributed by atoms with Gasteiger partial charge in [-0.2, -0.15) is 0 Å². The minimum absolute atomic E-state index is 0.0489. The topological polar surface area (TPSA) is 81.4 Å². The highest BCUT2D eigenvalue weighted by Gasteiger charge is 2.27. The van der Waals surface area contributed by atoms with Gasteiger partial charge in [-0.05, 0) is 24.5 Å². The van der Waals surface area contributed by atoms with Crippen LogP contribution in [-0.2, 0) is 21.3 Å². The number of hydrogen-bond donors (Lipinski definition) is 2. The van der Waals surface area contributed by atoms with E-state index in [1.54, 1.807) is 12.1 Å². The van der Waals surface area contributed by atoms with Gasteiger partial charge in [0.15, 0.2) is 0 Å². The normalized spacial score (nSPS) is 25.2. The molecule has 0 aliphatic carbocycles. The van der Waals surface area contributed by atoms with Crippen molar-refractivity contribution in [3.63, 3.8) is 0 Å². The summed E-state index contributed by atoms with van der Waals surface area (Å²) in [4.78, 5) is 0.871. The Morgan fingerprint density at radius 1 is 1.56 bits per heavy atom. The van der Waals surface area contributed by atoms with E-state index in [4.69, 9.17) is 10.5 Å². The van der Waals surface area contributed by atoms with E-state index in [1.807, 2.05) is 6.92 Å². The van der Waals surface area contributed by atoms with Crippen LogP contribution in [0.4, 0.5) is 0 Å². The molecule has 0 aromatic carbocycles. The molecule has 2 atom stereocenters. The van der Waals surface area contributed by atoms with Crippen LogP contribution in [0.1, 0.15) is 18.2 Å². The SMILES string of the molecule is CC1COCCC1NS(=O)(=O)c1ccc(CN)s1. The van der Waals surface area contributed by atoms with Crippen molar-refractivity contribution in [1.82, 2.24) is 4.72 Å². The number of ether oxygens (including phenoxy) is 1. The van der Waals surface area contributed by atoms with Crippen molar-refractivity contribution in [2.75, 3.05) is 13.2 Å². The molecule has 3 N–H and O–H groups in total. The van der Waals surface area contributed by atoms with Gasteiger partial charge < -0.3 is 10.5 Å². The zero-order valence-electron chi connectivity index (χ0n) is 10.3. The molecule has 0 saturated carbocycles. The lowest BCUT2D eigenvalue weighted by Gasteiger charge is -2.29. The maximum Gasteiger partial charge on any atom is 0.250 e. The van der Waals surface area contributed by atoms with Crippen LogP contribution >= 0.6 is 11.3 Å². The third-order valence-electron chi connectivity index (χ3n) is 3.05. The summed E-state index contributed by atoms with van der Waals surface area (Å²) in [5, 5.41) is 0. The fraction of sp³-hybridized carbons (Fsp3) is 0.636. The van der Waals surface area contributed by atoms with Gasteiger partial charge in [0, 0.05) is 24.1 Å². The fourth-order valence-corrected chi connectivity index (χ4v) is 4.56. The average Bonchev–Trinajstić information content (AvgIpc) is 2.81. The second-order valence-corrected chi connectivity index (χ2v) is 7.60. The van der Waals surface area contributed by atoms with Crippen molar-refractivity contribution in [3.8, 4) is 0 Å². The van der Waals surface area contributed by atoms with E-state index in [9.17, 15) is 8.42 Å². The number of thiophene rings is 1. The van der Waals surface area contributed by atoms with Crippen LogP contribution in [0.15, 0.2) is 16.3 Å². The highest BCUT2D eigenvalue weighted by molar-refractivity contribution is 7.91. The molecule has 1 aromatic rings. The van der Waals surface area contributed by atoms with Gasteiger partial charge in [-0.1, -0.05) is 6.92 Å². The fourth-order valence-electron chi connectivity index (χ4n) is 1.93. The third kappa shape index (κ3) is 3.10. The van der Waals surface area contributed by atoms with Gasteiger partial charge in [0.2, 0.25) is 10.0 Å². The lowest BCUT2D eigenvalue weighted by Crippen LogP contribution is -2.44. The number of hydrogen-bond acceptors (Lipinski definition) is 5. The summed E-state index contributed by atoms with van der Waals surface area (Å²) < 4.78 is 32.8. The zero-order valence-corrected chi connectivity index (χ0v) is 11.9. The molecular weight excluding hydrogens is 272 g/mol. The summed E-state index contributed by atoms with van der Waals surface area (Å²) in [6.07, 6.45) is 0.718. The largest absolute Gasteiger partial charge is 0.381 e. The van der Waals surface area contributed by atoms with E-state index < -0.39 is 10.0 Å². The van der Waals surface area contributed by atoms with Gasteiger partial charge in [-0.15, -0.1) is 11.3 Å². The molecule has 5 nitrogen and oxygen atoms in total. The zero-order chi connectivity index (χ0) is 13.2. The maximum absolute atomic E-state index is 12.2. The molecule has 18 heavy (non-hydrogen) atoms. The number of nitrogens with one attached hydrogen (secondary N) is 1. The predicted octanol–water partition coefficient (Wildman–Crippen LogP) is 0.910. The molecule has 1 aliphatic heterocycles. The predicted molar refractivity (Wildman–Crippen MR) is 70.9 cm³/mol. The molecule has 2 unspecified atom stereocenters. The molecule has 2 heterocycles. The Labute approximate surface area is 111 Å². The Morgan fingerprint density at radius 3 is 2.94 bits per heavy atom. The van der Waals surface area contributed by atoms with Crippen molar-refractivity contribution in [1.29, 1.82) is 0 Å². The average molecular weight is 290 g/mol. The van der Waals surface area contributed by atoms with Gasteiger partial charge in [0.05, 0.1) is 6.61 Å². The molecule has 1 saturated heterocycles. The minimum Gasteiger partial charge on any atom is -0.381 e. The smallest absolute Gasteiger partial charge is 0.250 e. The highest BCUT2D eigenvalue weighted by Crippen LogP contribution is 2.23. The van der Waals surface area contributed by atoms with Crippen LogP contribution in [0.3, 0.4) is 0 Å². The number of rotatable bonds is 4. The van der Waals surface area contributed by atoms with E-state index in [-0.39, 0.29) is 12.0 Å². The van der Waals surface area contributed by atoms with Crippen molar-refractivity contribution in [2.24, 2.45) is 11.7 Å². The highest BCUT2D eigenvalue weighted by atomic mass is 32.2. The third-order valence-corrected chi connectivity index (χ3v) is 6.14. The first-order valence-electron chi connectivity index (χ1n) is 5.92. The standard InChI is InChI=1S/C11H18N2O3S2/c1-8-7-16-5-4-10(8)13-18(14,15)11-3-2-9(6-12)17-11/h2-3,8,10,13H,4-7,12H2,1H3. The first-order valence-corrected chi connectivity index (χ1v) is 8.22. The lowest BCUT2D eigenvalue weighted by atomic mass is 9.99. The van der Waals surface area contributed by atoms with Gasteiger partial charge in [-0.3, -0.25) is 0 Å². The Bertz CT molecular complexity index is 498. The minimum atomic E-state index is -3.42. The summed E-state index contributed by atoms with van der Waals surface area (Å²) in [7, 11) is -3.42. The van der Waals surface area contributed by atoms with E-state index >= 15 is 0 Å².